The van der Waals surface area contributed by atoms with E-state index in [1.165, 1.54) is 31.1 Å². The molecule has 1 unspecified atom stereocenters. The normalized spacial score (nSPS) is 11.5. The number of hydrogen-bond acceptors (Lipinski definition) is 1. The summed E-state index contributed by atoms with van der Waals surface area (Å²) in [5.74, 6) is 0. The summed E-state index contributed by atoms with van der Waals surface area (Å²) < 4.78 is 1.08. The van der Waals surface area contributed by atoms with E-state index in [2.05, 4.69) is 40.7 Å². The van der Waals surface area contributed by atoms with Gasteiger partial charge in [-0.15, -0.1) is 0 Å². The van der Waals surface area contributed by atoms with Crippen molar-refractivity contribution in [1.82, 2.24) is 0 Å². The van der Waals surface area contributed by atoms with E-state index >= 15 is 0 Å². The van der Waals surface area contributed by atoms with E-state index in [-0.39, 0.29) is 4.11 Å². The predicted molar refractivity (Wildman–Crippen MR) is 66.8 cm³/mol. The van der Waals surface area contributed by atoms with Gasteiger partial charge >= 0.3 is 38.4 Å². The van der Waals surface area contributed by atoms with Gasteiger partial charge in [0.1, 0.15) is 4.11 Å². The maximum atomic E-state index is 8.76. The molecule has 0 amide bonds. The van der Waals surface area contributed by atoms with Gasteiger partial charge in [0.05, 0.1) is 0 Å². The number of halogens is 3. The average Bonchev–Trinajstić information content (AvgIpc) is 1.92. The van der Waals surface area contributed by atoms with Crippen LogP contribution in [0.25, 0.3) is 0 Å². The van der Waals surface area contributed by atoms with Crippen molar-refractivity contribution in [2.45, 2.75) is 23.4 Å². The van der Waals surface area contributed by atoms with E-state index in [4.69, 9.17) is 5.11 Å². The molecule has 0 saturated carbocycles. The minimum absolute atomic E-state index is 0.129. The van der Waals surface area contributed by atoms with Crippen LogP contribution in [0.4, 0.5) is 0 Å². The topological polar surface area (TPSA) is 20.2 Å². The quantitative estimate of drug-likeness (QED) is 0.216. The van der Waals surface area contributed by atoms with Gasteiger partial charge in [-0.05, 0) is 23.7 Å². The van der Waals surface area contributed by atoms with Gasteiger partial charge in [0.2, 0.25) is 0 Å². The monoisotopic (exact) mass is 647 g/mol. The Bertz CT molecular complexity index is 54.2. The summed E-state index contributed by atoms with van der Waals surface area (Å²) in [5.41, 5.74) is 0. The molecule has 61 valence electrons. The molecule has 10 heavy (non-hydrogen) atoms. The van der Waals surface area contributed by atoms with E-state index in [9.17, 15) is 0 Å². The summed E-state index contributed by atoms with van der Waals surface area (Å²) in [6.07, 6.45) is 3.34. The Balaban J connectivity index is 0. The second kappa shape index (κ2) is 14.5. The van der Waals surface area contributed by atoms with Gasteiger partial charge in [-0.1, -0.05) is 45.2 Å². The summed E-state index contributed by atoms with van der Waals surface area (Å²) in [7, 11) is 0. The van der Waals surface area contributed by atoms with Gasteiger partial charge in [0.15, 0.2) is 0 Å². The van der Waals surface area contributed by atoms with Crippen molar-refractivity contribution < 1.29 is 25.3 Å². The van der Waals surface area contributed by atoms with Gasteiger partial charge in [0.25, 0.3) is 0 Å². The molecule has 0 aliphatic heterocycles. The second-order valence-electron chi connectivity index (χ2n) is 1.62. The van der Waals surface area contributed by atoms with Crippen LogP contribution in [-0.4, -0.2) is 13.6 Å². The van der Waals surface area contributed by atoms with Gasteiger partial charge in [0, 0.05) is 0 Å². The molecule has 1 nitrogen and oxygen atoms in total. The van der Waals surface area contributed by atoms with E-state index in [1.54, 1.807) is 0 Å². The van der Waals surface area contributed by atoms with Crippen LogP contribution in [0.1, 0.15) is 19.3 Å². The molecular weight excluding hydrogens is 635 g/mol. The van der Waals surface area contributed by atoms with Crippen molar-refractivity contribution in [3.05, 3.63) is 0 Å². The first-order valence-electron chi connectivity index (χ1n) is 2.84. The number of hydrogen-bond donors (Lipinski definition) is 1. The molecule has 0 bridgehead atoms. The molecule has 0 saturated heterocycles. The third-order valence-electron chi connectivity index (χ3n) is 0.826. The van der Waals surface area contributed by atoms with Crippen molar-refractivity contribution in [1.29, 1.82) is 0 Å². The maximum absolute atomic E-state index is 8.76. The van der Waals surface area contributed by atoms with Crippen LogP contribution < -0.4 is 0 Å². The summed E-state index contributed by atoms with van der Waals surface area (Å²) in [6, 6.07) is 0. The Morgan fingerprint density at radius 3 is 2.10 bits per heavy atom. The molecule has 0 heterocycles. The molecule has 0 rings (SSSR count). The summed E-state index contributed by atoms with van der Waals surface area (Å²) in [6.45, 7) is 0. The van der Waals surface area contributed by atoms with Gasteiger partial charge < -0.3 is 5.11 Å². The fourth-order valence-corrected chi connectivity index (χ4v) is 1.39. The Morgan fingerprint density at radius 1 is 1.30 bits per heavy atom. The first kappa shape index (κ1) is 15.5. The van der Waals surface area contributed by atoms with E-state index in [1.807, 2.05) is 22.6 Å². The first-order valence-corrected chi connectivity index (χ1v) is 15.8. The Morgan fingerprint density at radius 2 is 1.80 bits per heavy atom. The number of alkyl halides is 2. The van der Waals surface area contributed by atoms with Crippen LogP contribution in [0, 0.1) is 0 Å². The van der Waals surface area contributed by atoms with Crippen LogP contribution in [0.2, 0.25) is 0 Å². The van der Waals surface area contributed by atoms with Crippen molar-refractivity contribution in [3.8, 4) is 0 Å². The van der Waals surface area contributed by atoms with Crippen LogP contribution in [0.15, 0.2) is 0 Å². The molecule has 1 N–H and O–H groups in total. The fourth-order valence-electron chi connectivity index (χ4n) is 0.407. The van der Waals surface area contributed by atoms with Crippen LogP contribution in [0.5, 0.6) is 0 Å². The summed E-state index contributed by atoms with van der Waals surface area (Å²) in [5, 5.41) is 8.76. The Kier molecular flexibility index (Phi) is 22.5. The van der Waals surface area contributed by atoms with Gasteiger partial charge in [-0.25, -0.2) is 0 Å². The van der Waals surface area contributed by atoms with Crippen molar-refractivity contribution >= 4 is 63.3 Å². The minimum atomic E-state index is -0.129. The Labute approximate surface area is 114 Å². The summed E-state index contributed by atoms with van der Waals surface area (Å²) in [4.78, 5) is 0. The second-order valence-corrected chi connectivity index (χ2v) is 4.14. The standard InChI is InChI=1S/C5H10I2O.Hf.HI/c6-4-2-1-3-5(7)8;;/h5,8H,1-4H2;;1H/q;+1;/p-1. The Hall–Kier alpha value is 3.02. The molecule has 0 aliphatic rings. The molecule has 0 aliphatic carbocycles. The third kappa shape index (κ3) is 17.2. The molecule has 0 spiro atoms. The number of rotatable bonds is 4. The zero-order valence-electron chi connectivity index (χ0n) is 5.49. The van der Waals surface area contributed by atoms with E-state index < -0.39 is 0 Å². The predicted octanol–water partition coefficient (Wildman–Crippen LogP) is 3.23. The van der Waals surface area contributed by atoms with Crippen molar-refractivity contribution in [2.75, 3.05) is 4.43 Å². The van der Waals surface area contributed by atoms with E-state index in [0.29, 0.717) is 0 Å². The van der Waals surface area contributed by atoms with Crippen molar-refractivity contribution in [2.24, 2.45) is 0 Å². The number of unbranched alkanes of at least 4 members (excludes halogenated alkanes) is 1. The first-order chi connectivity index (χ1) is 4.77. The molecule has 0 aromatic rings. The summed E-state index contributed by atoms with van der Waals surface area (Å²) >= 11 is 7.95. The van der Waals surface area contributed by atoms with Gasteiger partial charge in [-0.2, -0.15) is 0 Å². The van der Waals surface area contributed by atoms with Crippen LogP contribution in [-0.2, 0) is 20.2 Å². The fraction of sp³-hybridized carbons (Fsp3) is 1.00. The SMILES string of the molecule is OC(I)CCCCI.[I][Hf]. The molecule has 0 aromatic carbocycles. The van der Waals surface area contributed by atoms with Crippen LogP contribution in [0.3, 0.4) is 0 Å². The molecule has 0 fully saturated rings. The zero-order valence-corrected chi connectivity index (χ0v) is 15.6. The molecular formula is C5H10HfI3O. The molecule has 0 radical (unpaired) electrons. The third-order valence-corrected chi connectivity index (χ3v) is 2.21. The zero-order chi connectivity index (χ0) is 8.41. The molecule has 0 aromatic heterocycles. The number of aliphatic hydroxyl groups excluding tert-OH is 1. The van der Waals surface area contributed by atoms with Crippen molar-refractivity contribution in [3.63, 3.8) is 0 Å². The number of aliphatic hydroxyl groups is 1. The van der Waals surface area contributed by atoms with Crippen LogP contribution >= 0.6 is 63.3 Å². The molecule has 1 atom stereocenters. The van der Waals surface area contributed by atoms with E-state index in [0.717, 1.165) is 12.8 Å². The van der Waals surface area contributed by atoms with Gasteiger partial charge in [-0.3, -0.25) is 0 Å². The average molecular weight is 645 g/mol. The molecule has 5 heteroatoms.